The number of nitrogens with one attached hydrogen (secondary N) is 1. The number of aromatic nitrogens is 2. The zero-order valence-electron chi connectivity index (χ0n) is 23.0. The number of hydrogen-bond donors (Lipinski definition) is 3. The molecule has 1 fully saturated rings. The van der Waals surface area contributed by atoms with Crippen LogP contribution in [-0.4, -0.2) is 63.7 Å². The Morgan fingerprint density at radius 1 is 1.28 bits per heavy atom. The highest BCUT2D eigenvalue weighted by atomic mass is 35.5. The maximum atomic E-state index is 15.6. The van der Waals surface area contributed by atoms with E-state index in [1.54, 1.807) is 56.3 Å². The molecule has 3 aromatic rings. The number of ether oxygens (including phenoxy) is 2. The standard InChI is InChI=1S/C26H29ClF3N4O7PS/c1-13(2)39-23(36)14(3)33-42(43,41-18-10-6-8-15-7-4-5-9-16(15)18)38-12-26(24(29)30)20(28)19(35)22(40-26)34-11-17(27)21(31)32-25(34)37/h4-11,13-14,19-20,22,24,35H,12H2,1-3H3,(H,33,43)(H2,31,32,37)/t14-,19+,20+,22+,26+,42?/m0/s1. The fourth-order valence-corrected chi connectivity index (χ4v) is 6.88. The van der Waals surface area contributed by atoms with Crippen LogP contribution in [0.2, 0.25) is 5.02 Å². The van der Waals surface area contributed by atoms with Crippen LogP contribution < -0.4 is 21.0 Å². The van der Waals surface area contributed by atoms with Crippen LogP contribution in [0.1, 0.15) is 27.0 Å². The summed E-state index contributed by atoms with van der Waals surface area (Å²) in [6.07, 6.45) is -10.2. The van der Waals surface area contributed by atoms with E-state index in [1.807, 2.05) is 0 Å². The van der Waals surface area contributed by atoms with Crippen LogP contribution in [0.4, 0.5) is 19.0 Å². The van der Waals surface area contributed by atoms with Gasteiger partial charge in [0, 0.05) is 11.6 Å². The Labute approximate surface area is 254 Å². The molecule has 0 amide bonds. The fraction of sp³-hybridized carbons (Fsp3) is 0.423. The molecule has 2 heterocycles. The molecule has 234 valence electrons. The molecule has 0 radical (unpaired) electrons. The predicted molar refractivity (Wildman–Crippen MR) is 156 cm³/mol. The number of aliphatic hydroxyl groups is 1. The number of carbonyl (C=O) groups is 1. The van der Waals surface area contributed by atoms with Gasteiger partial charge in [-0.05, 0) is 44.0 Å². The quantitative estimate of drug-likeness (QED) is 0.201. The third-order valence-corrected chi connectivity index (χ3v) is 9.22. The van der Waals surface area contributed by atoms with Gasteiger partial charge in [0.15, 0.2) is 18.0 Å². The monoisotopic (exact) mass is 664 g/mol. The second-order valence-corrected chi connectivity index (χ2v) is 13.5. The number of hydrogen-bond acceptors (Lipinski definition) is 10. The van der Waals surface area contributed by atoms with E-state index in [1.165, 1.54) is 6.92 Å². The van der Waals surface area contributed by atoms with Crippen molar-refractivity contribution in [1.82, 2.24) is 14.6 Å². The molecule has 43 heavy (non-hydrogen) atoms. The lowest BCUT2D eigenvalue weighted by Gasteiger charge is -2.33. The van der Waals surface area contributed by atoms with Crippen LogP contribution in [-0.2, 0) is 30.6 Å². The molecule has 0 spiro atoms. The highest BCUT2D eigenvalue weighted by Crippen LogP contribution is 2.51. The molecule has 11 nitrogen and oxygen atoms in total. The van der Waals surface area contributed by atoms with Crippen LogP contribution in [0.15, 0.2) is 53.5 Å². The number of halogens is 4. The lowest BCUT2D eigenvalue weighted by molar-refractivity contribution is -0.182. The Bertz CT molecular complexity index is 1600. The van der Waals surface area contributed by atoms with E-state index in [2.05, 4.69) is 10.1 Å². The Balaban J connectivity index is 1.69. The lowest BCUT2D eigenvalue weighted by Crippen LogP contribution is -2.51. The molecular formula is C26H29ClF3N4O7PS. The second-order valence-electron chi connectivity index (χ2n) is 10.00. The predicted octanol–water partition coefficient (Wildman–Crippen LogP) is 4.11. The zero-order valence-corrected chi connectivity index (χ0v) is 25.5. The summed E-state index contributed by atoms with van der Waals surface area (Å²) < 4.78 is 67.7. The van der Waals surface area contributed by atoms with E-state index in [0.29, 0.717) is 9.95 Å². The van der Waals surface area contributed by atoms with Gasteiger partial charge in [-0.15, -0.1) is 0 Å². The van der Waals surface area contributed by atoms with E-state index < -0.39 is 67.6 Å². The van der Waals surface area contributed by atoms with Gasteiger partial charge in [0.2, 0.25) is 0 Å². The van der Waals surface area contributed by atoms with Crippen molar-refractivity contribution in [3.63, 3.8) is 0 Å². The summed E-state index contributed by atoms with van der Waals surface area (Å²) in [7, 11) is 0. The molecule has 4 rings (SSSR count). The molecule has 1 saturated heterocycles. The minimum Gasteiger partial charge on any atom is -0.462 e. The van der Waals surface area contributed by atoms with Crippen molar-refractivity contribution in [2.45, 2.75) is 63.4 Å². The number of benzene rings is 2. The molecule has 1 unspecified atom stereocenters. The van der Waals surface area contributed by atoms with Crippen LogP contribution in [0.5, 0.6) is 5.75 Å². The van der Waals surface area contributed by atoms with E-state index in [-0.39, 0.29) is 16.6 Å². The van der Waals surface area contributed by atoms with Gasteiger partial charge in [-0.25, -0.2) is 23.1 Å². The largest absolute Gasteiger partial charge is 0.462 e. The topological polar surface area (TPSA) is 147 Å². The first-order chi connectivity index (χ1) is 20.2. The van der Waals surface area contributed by atoms with Crippen molar-refractivity contribution in [3.8, 4) is 5.75 Å². The fourth-order valence-electron chi connectivity index (χ4n) is 4.31. The first-order valence-corrected chi connectivity index (χ1v) is 15.9. The van der Waals surface area contributed by atoms with E-state index in [9.17, 15) is 23.5 Å². The van der Waals surface area contributed by atoms with Gasteiger partial charge in [0.05, 0.1) is 17.7 Å². The van der Waals surface area contributed by atoms with E-state index in [0.717, 1.165) is 11.6 Å². The van der Waals surface area contributed by atoms with Crippen LogP contribution in [0.3, 0.4) is 0 Å². The molecule has 1 aromatic heterocycles. The lowest BCUT2D eigenvalue weighted by atomic mass is 9.98. The molecule has 1 aliphatic rings. The molecule has 6 atom stereocenters. The summed E-state index contributed by atoms with van der Waals surface area (Å²) in [4.78, 5) is 28.4. The minimum atomic E-state index is -3.99. The first kappa shape index (κ1) is 33.1. The van der Waals surface area contributed by atoms with Gasteiger partial charge in [-0.3, -0.25) is 9.36 Å². The van der Waals surface area contributed by atoms with Crippen molar-refractivity contribution in [1.29, 1.82) is 0 Å². The molecule has 17 heteroatoms. The van der Waals surface area contributed by atoms with Gasteiger partial charge >= 0.3 is 18.3 Å². The number of esters is 1. The third-order valence-electron chi connectivity index (χ3n) is 6.46. The van der Waals surface area contributed by atoms with Gasteiger partial charge < -0.3 is 29.4 Å². The van der Waals surface area contributed by atoms with Crippen molar-refractivity contribution < 1.29 is 41.6 Å². The summed E-state index contributed by atoms with van der Waals surface area (Å²) >= 11 is 11.5. The number of rotatable bonds is 11. The number of carbonyl (C=O) groups excluding carboxylic acids is 1. The summed E-state index contributed by atoms with van der Waals surface area (Å²) in [5, 5.41) is 14.4. The molecule has 1 aliphatic heterocycles. The normalized spacial score (nSPS) is 24.3. The smallest absolute Gasteiger partial charge is 0.351 e. The summed E-state index contributed by atoms with van der Waals surface area (Å²) in [5.41, 5.74) is 1.23. The van der Waals surface area contributed by atoms with E-state index >= 15 is 4.39 Å². The maximum absolute atomic E-state index is 15.6. The molecule has 0 aliphatic carbocycles. The molecule has 2 aromatic carbocycles. The average Bonchev–Trinajstić information content (AvgIpc) is 3.20. The molecule has 4 N–H and O–H groups in total. The number of aliphatic hydroxyl groups excluding tert-OH is 1. The minimum absolute atomic E-state index is 0.195. The van der Waals surface area contributed by atoms with Crippen LogP contribution >= 0.6 is 18.2 Å². The number of anilines is 1. The number of nitrogens with two attached hydrogens (primary N) is 1. The Hall–Kier alpha value is -2.78. The second kappa shape index (κ2) is 13.1. The number of nitrogens with zero attached hydrogens (tertiary/aromatic N) is 2. The summed E-state index contributed by atoms with van der Waals surface area (Å²) in [6, 6.07) is 10.9. The van der Waals surface area contributed by atoms with Crippen molar-refractivity contribution in [2.24, 2.45) is 0 Å². The van der Waals surface area contributed by atoms with Crippen LogP contribution in [0.25, 0.3) is 10.8 Å². The summed E-state index contributed by atoms with van der Waals surface area (Å²) in [5.74, 6) is -0.903. The Morgan fingerprint density at radius 3 is 2.63 bits per heavy atom. The Morgan fingerprint density at radius 2 is 1.95 bits per heavy atom. The summed E-state index contributed by atoms with van der Waals surface area (Å²) in [6.45, 7) is -0.589. The highest BCUT2D eigenvalue weighted by molar-refractivity contribution is 8.09. The average molecular weight is 665 g/mol. The number of alkyl halides is 3. The zero-order chi connectivity index (χ0) is 31.7. The van der Waals surface area contributed by atoms with E-state index in [4.69, 9.17) is 47.7 Å². The third kappa shape index (κ3) is 6.98. The SMILES string of the molecule is CC(C)OC(=O)[C@H](C)NP(=S)(OC[C@@]1(C(F)F)O[C@@H](n2cc(Cl)c(N)nc2=O)[C@H](O)[C@H]1F)Oc1cccc2ccccc12. The number of fused-ring (bicyclic) bond motifs is 1. The van der Waals surface area contributed by atoms with Gasteiger partial charge in [0.25, 0.3) is 6.43 Å². The van der Waals surface area contributed by atoms with Crippen molar-refractivity contribution in [3.05, 3.63) is 64.2 Å². The van der Waals surface area contributed by atoms with Gasteiger partial charge in [0.1, 0.15) is 23.7 Å². The van der Waals surface area contributed by atoms with Crippen molar-refractivity contribution >= 4 is 52.6 Å². The molecule has 0 bridgehead atoms. The van der Waals surface area contributed by atoms with Gasteiger partial charge in [-0.2, -0.15) is 4.98 Å². The Kier molecular flexibility index (Phi) is 10.1. The maximum Gasteiger partial charge on any atom is 0.351 e. The van der Waals surface area contributed by atoms with Crippen molar-refractivity contribution in [2.75, 3.05) is 12.3 Å². The molecule has 0 saturated carbocycles. The number of nitrogen functional groups attached to an aromatic ring is 1. The first-order valence-electron chi connectivity index (χ1n) is 12.9. The van der Waals surface area contributed by atoms with Gasteiger partial charge in [-0.1, -0.05) is 48.0 Å². The molecular weight excluding hydrogens is 636 g/mol. The highest BCUT2D eigenvalue weighted by Gasteiger charge is 2.62. The van der Waals surface area contributed by atoms with Crippen LogP contribution in [0, 0.1) is 0 Å².